The molecule has 0 saturated carbocycles. The average Bonchev–Trinajstić information content (AvgIpc) is 2.73. The third kappa shape index (κ3) is 4.89. The summed E-state index contributed by atoms with van der Waals surface area (Å²) in [5, 5.41) is 0. The SMILES string of the molecule is COCCN=Cc1c(N)c(-c2cc(N)ccc2Oc2ccc(F)cc2F)cn(C)c1=O. The van der Waals surface area contributed by atoms with E-state index in [0.29, 0.717) is 30.0 Å². The van der Waals surface area contributed by atoms with E-state index in [1.807, 2.05) is 0 Å². The second-order valence-electron chi connectivity index (χ2n) is 6.75. The first-order chi connectivity index (χ1) is 14.8. The van der Waals surface area contributed by atoms with Crippen LogP contribution in [0, 0.1) is 11.6 Å². The van der Waals surface area contributed by atoms with Crippen LogP contribution in [0.3, 0.4) is 0 Å². The maximum absolute atomic E-state index is 14.1. The fourth-order valence-electron chi connectivity index (χ4n) is 2.93. The number of benzene rings is 2. The number of nitrogens with two attached hydrogens (primary N) is 2. The molecular formula is C22H22F2N4O3. The number of rotatable bonds is 7. The topological polar surface area (TPSA) is 105 Å². The van der Waals surface area contributed by atoms with E-state index in [1.54, 1.807) is 32.4 Å². The van der Waals surface area contributed by atoms with E-state index in [-0.39, 0.29) is 28.3 Å². The van der Waals surface area contributed by atoms with Crippen molar-refractivity contribution in [3.63, 3.8) is 0 Å². The molecule has 0 unspecified atom stereocenters. The van der Waals surface area contributed by atoms with Crippen molar-refractivity contribution in [1.82, 2.24) is 4.57 Å². The second-order valence-corrected chi connectivity index (χ2v) is 6.75. The highest BCUT2D eigenvalue weighted by Crippen LogP contribution is 2.38. The Bertz CT molecular complexity index is 1190. The molecular weight excluding hydrogens is 406 g/mol. The molecule has 0 radical (unpaired) electrons. The van der Waals surface area contributed by atoms with Crippen molar-refractivity contribution in [2.75, 3.05) is 31.7 Å². The van der Waals surface area contributed by atoms with Gasteiger partial charge in [0.2, 0.25) is 0 Å². The molecule has 3 aromatic rings. The Morgan fingerprint density at radius 3 is 2.55 bits per heavy atom. The van der Waals surface area contributed by atoms with E-state index in [9.17, 15) is 13.6 Å². The zero-order chi connectivity index (χ0) is 22.5. The largest absolute Gasteiger partial charge is 0.454 e. The molecule has 7 nitrogen and oxygen atoms in total. The van der Waals surface area contributed by atoms with E-state index >= 15 is 0 Å². The Morgan fingerprint density at radius 1 is 1.10 bits per heavy atom. The summed E-state index contributed by atoms with van der Waals surface area (Å²) in [6.07, 6.45) is 2.93. The molecule has 2 aromatic carbocycles. The van der Waals surface area contributed by atoms with Crippen LogP contribution in [-0.4, -0.2) is 31.0 Å². The van der Waals surface area contributed by atoms with Crippen LogP contribution in [0.4, 0.5) is 20.2 Å². The standard InChI is InChI=1S/C22H22F2N4O3/c1-28-12-17(21(26)16(22(28)29)11-27-7-8-30-2)15-10-14(25)4-6-19(15)31-20-5-3-13(23)9-18(20)24/h3-6,9-12H,7-8,25-26H2,1-2H3. The Morgan fingerprint density at radius 2 is 1.84 bits per heavy atom. The molecule has 0 atom stereocenters. The number of anilines is 2. The van der Waals surface area contributed by atoms with Gasteiger partial charge >= 0.3 is 0 Å². The predicted octanol–water partition coefficient (Wildman–Crippen LogP) is 3.35. The Kier molecular flexibility index (Phi) is 6.66. The lowest BCUT2D eigenvalue weighted by Crippen LogP contribution is -2.23. The number of ether oxygens (including phenoxy) is 2. The number of hydrogen-bond acceptors (Lipinski definition) is 6. The quantitative estimate of drug-likeness (QED) is 0.341. The number of nitrogens with zero attached hydrogens (tertiary/aromatic N) is 2. The highest BCUT2D eigenvalue weighted by molar-refractivity contribution is 5.94. The molecule has 0 amide bonds. The smallest absolute Gasteiger partial charge is 0.261 e. The molecule has 9 heteroatoms. The molecule has 31 heavy (non-hydrogen) atoms. The van der Waals surface area contributed by atoms with Gasteiger partial charge in [-0.15, -0.1) is 0 Å². The summed E-state index contributed by atoms with van der Waals surface area (Å²) in [6.45, 7) is 0.757. The average molecular weight is 428 g/mol. The van der Waals surface area contributed by atoms with E-state index in [4.69, 9.17) is 20.9 Å². The first-order valence-electron chi connectivity index (χ1n) is 9.32. The maximum atomic E-state index is 14.1. The summed E-state index contributed by atoms with van der Waals surface area (Å²) in [6, 6.07) is 7.71. The van der Waals surface area contributed by atoms with Crippen LogP contribution in [0.25, 0.3) is 11.1 Å². The lowest BCUT2D eigenvalue weighted by molar-refractivity contribution is 0.208. The normalized spacial score (nSPS) is 11.2. The summed E-state index contributed by atoms with van der Waals surface area (Å²) in [7, 11) is 3.12. The fraction of sp³-hybridized carbons (Fsp3) is 0.182. The molecule has 0 aliphatic rings. The molecule has 162 valence electrons. The van der Waals surface area contributed by atoms with Gasteiger partial charge in [0.15, 0.2) is 11.6 Å². The number of aromatic nitrogens is 1. The zero-order valence-electron chi connectivity index (χ0n) is 17.1. The maximum Gasteiger partial charge on any atom is 0.261 e. The van der Waals surface area contributed by atoms with Crippen molar-refractivity contribution < 1.29 is 18.3 Å². The van der Waals surface area contributed by atoms with Gasteiger partial charge in [-0.05, 0) is 30.3 Å². The van der Waals surface area contributed by atoms with Crippen molar-refractivity contribution in [1.29, 1.82) is 0 Å². The molecule has 0 aliphatic heterocycles. The minimum Gasteiger partial charge on any atom is -0.454 e. The lowest BCUT2D eigenvalue weighted by atomic mass is 10.0. The van der Waals surface area contributed by atoms with Gasteiger partial charge in [-0.25, -0.2) is 8.78 Å². The van der Waals surface area contributed by atoms with Gasteiger partial charge in [0.25, 0.3) is 5.56 Å². The molecule has 0 aliphatic carbocycles. The monoisotopic (exact) mass is 428 g/mol. The van der Waals surface area contributed by atoms with Crippen molar-refractivity contribution in [3.8, 4) is 22.6 Å². The van der Waals surface area contributed by atoms with Crippen LogP contribution in [-0.2, 0) is 11.8 Å². The van der Waals surface area contributed by atoms with Crippen LogP contribution < -0.4 is 21.8 Å². The van der Waals surface area contributed by atoms with Crippen LogP contribution in [0.2, 0.25) is 0 Å². The molecule has 1 heterocycles. The summed E-state index contributed by atoms with van der Waals surface area (Å²) < 4.78 is 39.4. The van der Waals surface area contributed by atoms with Gasteiger partial charge in [0.05, 0.1) is 24.4 Å². The van der Waals surface area contributed by atoms with E-state index < -0.39 is 11.6 Å². The molecule has 0 saturated heterocycles. The number of halogens is 2. The number of pyridine rings is 1. The highest BCUT2D eigenvalue weighted by atomic mass is 19.1. The third-order valence-electron chi connectivity index (χ3n) is 4.51. The minimum atomic E-state index is -0.859. The summed E-state index contributed by atoms with van der Waals surface area (Å²) >= 11 is 0. The van der Waals surface area contributed by atoms with Crippen molar-refractivity contribution in [2.45, 2.75) is 0 Å². The molecule has 0 bridgehead atoms. The lowest BCUT2D eigenvalue weighted by Gasteiger charge is -2.16. The van der Waals surface area contributed by atoms with Crippen LogP contribution >= 0.6 is 0 Å². The van der Waals surface area contributed by atoms with Crippen LogP contribution in [0.5, 0.6) is 11.5 Å². The molecule has 4 N–H and O–H groups in total. The van der Waals surface area contributed by atoms with Gasteiger partial charge in [0, 0.05) is 49.4 Å². The third-order valence-corrected chi connectivity index (χ3v) is 4.51. The Labute approximate surface area is 177 Å². The first-order valence-corrected chi connectivity index (χ1v) is 9.32. The van der Waals surface area contributed by atoms with Gasteiger partial charge in [0.1, 0.15) is 11.6 Å². The molecule has 0 spiro atoms. The zero-order valence-corrected chi connectivity index (χ0v) is 17.1. The number of nitrogen functional groups attached to an aromatic ring is 2. The summed E-state index contributed by atoms with van der Waals surface area (Å²) in [5.41, 5.74) is 13.6. The number of aryl methyl sites for hydroxylation is 1. The van der Waals surface area contributed by atoms with Crippen molar-refractivity contribution in [2.24, 2.45) is 12.0 Å². The van der Waals surface area contributed by atoms with Gasteiger partial charge in [-0.1, -0.05) is 0 Å². The predicted molar refractivity (Wildman–Crippen MR) is 117 cm³/mol. The molecule has 0 fully saturated rings. The van der Waals surface area contributed by atoms with E-state index in [2.05, 4.69) is 4.99 Å². The number of aliphatic imine (C=N–C) groups is 1. The van der Waals surface area contributed by atoms with Crippen molar-refractivity contribution >= 4 is 17.6 Å². The van der Waals surface area contributed by atoms with E-state index in [0.717, 1.165) is 12.1 Å². The van der Waals surface area contributed by atoms with Gasteiger partial charge in [-0.2, -0.15) is 0 Å². The summed E-state index contributed by atoms with van der Waals surface area (Å²) in [4.78, 5) is 16.7. The number of methoxy groups -OCH3 is 1. The van der Waals surface area contributed by atoms with Crippen molar-refractivity contribution in [3.05, 3.63) is 70.1 Å². The van der Waals surface area contributed by atoms with Gasteiger partial charge in [-0.3, -0.25) is 9.79 Å². The minimum absolute atomic E-state index is 0.166. The first kappa shape index (κ1) is 22.0. The molecule has 1 aromatic heterocycles. The van der Waals surface area contributed by atoms with Crippen LogP contribution in [0.15, 0.2) is 52.4 Å². The fourth-order valence-corrected chi connectivity index (χ4v) is 2.93. The van der Waals surface area contributed by atoms with Gasteiger partial charge < -0.3 is 25.5 Å². The van der Waals surface area contributed by atoms with E-state index in [1.165, 1.54) is 23.0 Å². The Hall–Kier alpha value is -3.72. The molecule has 3 rings (SSSR count). The summed E-state index contributed by atoms with van der Waals surface area (Å²) in [5.74, 6) is -1.52. The number of hydrogen-bond donors (Lipinski definition) is 2. The second kappa shape index (κ2) is 9.40. The van der Waals surface area contributed by atoms with Crippen LogP contribution in [0.1, 0.15) is 5.56 Å². The highest BCUT2D eigenvalue weighted by Gasteiger charge is 2.17. The Balaban J connectivity index is 2.12.